The van der Waals surface area contributed by atoms with Gasteiger partial charge < -0.3 is 15.3 Å². The van der Waals surface area contributed by atoms with Gasteiger partial charge in [-0.3, -0.25) is 0 Å². The van der Waals surface area contributed by atoms with Crippen LogP contribution in [0.25, 0.3) is 0 Å². The Kier molecular flexibility index (Phi) is 3.60. The summed E-state index contributed by atoms with van der Waals surface area (Å²) in [6.45, 7) is 5.94. The second-order valence-electron chi connectivity index (χ2n) is 6.69. The quantitative estimate of drug-likeness (QED) is 0.659. The summed E-state index contributed by atoms with van der Waals surface area (Å²) in [4.78, 5) is 0. The number of aliphatic hydroxyl groups excluding tert-OH is 1. The molecule has 0 heterocycles. The number of hydrogen-bond acceptors (Lipinski definition) is 3. The molecule has 2 aliphatic rings. The van der Waals surface area contributed by atoms with E-state index in [1.807, 2.05) is 6.92 Å². The van der Waals surface area contributed by atoms with Crippen LogP contribution in [0.2, 0.25) is 0 Å². The number of aliphatic hydroxyl groups is 3. The molecule has 0 aromatic heterocycles. The van der Waals surface area contributed by atoms with Gasteiger partial charge in [-0.2, -0.15) is 0 Å². The Balaban J connectivity index is 2.38. The molecule has 0 aromatic carbocycles. The average molecular weight is 254 g/mol. The van der Waals surface area contributed by atoms with E-state index in [0.717, 1.165) is 12.8 Å². The van der Waals surface area contributed by atoms with Crippen LogP contribution in [0.5, 0.6) is 0 Å². The van der Waals surface area contributed by atoms with Crippen molar-refractivity contribution in [2.45, 2.75) is 57.7 Å². The van der Waals surface area contributed by atoms with E-state index in [4.69, 9.17) is 0 Å². The van der Waals surface area contributed by atoms with Gasteiger partial charge in [0.25, 0.3) is 0 Å². The third-order valence-electron chi connectivity index (χ3n) is 5.06. The Bertz CT molecular complexity index is 346. The van der Waals surface area contributed by atoms with Crippen LogP contribution in [0.15, 0.2) is 11.6 Å². The first-order chi connectivity index (χ1) is 8.30. The fourth-order valence-electron chi connectivity index (χ4n) is 3.66. The molecule has 0 saturated heterocycles. The Morgan fingerprint density at radius 1 is 1.33 bits per heavy atom. The van der Waals surface area contributed by atoms with Gasteiger partial charge in [-0.15, -0.1) is 0 Å². The third kappa shape index (κ3) is 2.24. The van der Waals surface area contributed by atoms with Gasteiger partial charge in [-0.05, 0) is 44.4 Å². The monoisotopic (exact) mass is 254 g/mol. The van der Waals surface area contributed by atoms with Crippen LogP contribution in [0.1, 0.15) is 46.5 Å². The van der Waals surface area contributed by atoms with Gasteiger partial charge in [0.2, 0.25) is 0 Å². The lowest BCUT2D eigenvalue weighted by Crippen LogP contribution is -2.45. The highest BCUT2D eigenvalue weighted by molar-refractivity contribution is 5.19. The molecule has 1 saturated carbocycles. The highest BCUT2D eigenvalue weighted by Crippen LogP contribution is 2.50. The van der Waals surface area contributed by atoms with E-state index >= 15 is 0 Å². The summed E-state index contributed by atoms with van der Waals surface area (Å²) in [5, 5.41) is 30.7. The van der Waals surface area contributed by atoms with Crippen LogP contribution >= 0.6 is 0 Å². The zero-order valence-electron chi connectivity index (χ0n) is 11.7. The molecule has 0 spiro atoms. The molecule has 0 aliphatic heterocycles. The highest BCUT2D eigenvalue weighted by Gasteiger charge is 2.52. The topological polar surface area (TPSA) is 60.7 Å². The molecule has 4 atom stereocenters. The molecule has 2 aliphatic carbocycles. The van der Waals surface area contributed by atoms with Crippen molar-refractivity contribution in [3.63, 3.8) is 0 Å². The second kappa shape index (κ2) is 4.62. The van der Waals surface area contributed by atoms with Gasteiger partial charge in [-0.1, -0.05) is 25.5 Å². The minimum absolute atomic E-state index is 0.0197. The largest absolute Gasteiger partial charge is 0.393 e. The first-order valence-electron chi connectivity index (χ1n) is 7.06. The third-order valence-corrected chi connectivity index (χ3v) is 5.06. The number of fused-ring (bicyclic) bond motifs is 1. The van der Waals surface area contributed by atoms with Crippen LogP contribution in [-0.2, 0) is 0 Å². The minimum Gasteiger partial charge on any atom is -0.393 e. The van der Waals surface area contributed by atoms with Gasteiger partial charge in [0.05, 0.1) is 17.8 Å². The summed E-state index contributed by atoms with van der Waals surface area (Å²) in [6, 6.07) is 0. The summed E-state index contributed by atoms with van der Waals surface area (Å²) < 4.78 is 0. The van der Waals surface area contributed by atoms with Gasteiger partial charge in [0.1, 0.15) is 0 Å². The van der Waals surface area contributed by atoms with Crippen molar-refractivity contribution in [1.82, 2.24) is 0 Å². The number of rotatable bonds is 2. The molecule has 0 aromatic rings. The van der Waals surface area contributed by atoms with Gasteiger partial charge in [0, 0.05) is 5.92 Å². The van der Waals surface area contributed by atoms with Crippen molar-refractivity contribution in [1.29, 1.82) is 0 Å². The molecule has 0 bridgehead atoms. The average Bonchev–Trinajstić information content (AvgIpc) is 2.50. The van der Waals surface area contributed by atoms with Crippen molar-refractivity contribution >= 4 is 0 Å². The maximum Gasteiger partial charge on any atom is 0.0915 e. The molecule has 2 rings (SSSR count). The molecule has 104 valence electrons. The maximum absolute atomic E-state index is 10.7. The predicted octanol–water partition coefficient (Wildman–Crippen LogP) is 1.86. The fourth-order valence-corrected chi connectivity index (χ4v) is 3.66. The van der Waals surface area contributed by atoms with Gasteiger partial charge in [0.15, 0.2) is 0 Å². The van der Waals surface area contributed by atoms with Crippen molar-refractivity contribution in [3.8, 4) is 0 Å². The van der Waals surface area contributed by atoms with E-state index in [9.17, 15) is 15.3 Å². The lowest BCUT2D eigenvalue weighted by molar-refractivity contribution is -0.0858. The van der Waals surface area contributed by atoms with Crippen LogP contribution in [0.4, 0.5) is 0 Å². The summed E-state index contributed by atoms with van der Waals surface area (Å²) >= 11 is 0. The Morgan fingerprint density at radius 3 is 2.56 bits per heavy atom. The lowest BCUT2D eigenvalue weighted by Gasteiger charge is -2.36. The van der Waals surface area contributed by atoms with Crippen molar-refractivity contribution in [2.24, 2.45) is 17.8 Å². The Morgan fingerprint density at radius 2 is 2.00 bits per heavy atom. The van der Waals surface area contributed by atoms with Crippen molar-refractivity contribution < 1.29 is 15.3 Å². The summed E-state index contributed by atoms with van der Waals surface area (Å²) in [5.74, 6) is 0.381. The maximum atomic E-state index is 10.7. The second-order valence-corrected chi connectivity index (χ2v) is 6.69. The van der Waals surface area contributed by atoms with Crippen LogP contribution < -0.4 is 0 Å². The molecule has 18 heavy (non-hydrogen) atoms. The predicted molar refractivity (Wildman–Crippen MR) is 71.0 cm³/mol. The van der Waals surface area contributed by atoms with Crippen LogP contribution in [0, 0.1) is 17.8 Å². The molecule has 3 N–H and O–H groups in total. The van der Waals surface area contributed by atoms with Crippen LogP contribution in [-0.4, -0.2) is 33.1 Å². The molecule has 3 heteroatoms. The van der Waals surface area contributed by atoms with Gasteiger partial charge in [-0.25, -0.2) is 0 Å². The first kappa shape index (κ1) is 14.0. The van der Waals surface area contributed by atoms with Gasteiger partial charge >= 0.3 is 0 Å². The summed E-state index contributed by atoms with van der Waals surface area (Å²) in [6.07, 6.45) is 5.08. The standard InChI is InChI=1S/C15H26O3/c1-10(2)11-4-7-15(18,9-16)12-5-6-14(3,17)13(12)8-11/h8,10,12-13,16-18H,4-7,9H2,1-3H3/t12-,13+,14-,15+/m1/s1. The first-order valence-corrected chi connectivity index (χ1v) is 7.06. The van der Waals surface area contributed by atoms with E-state index in [0.29, 0.717) is 18.8 Å². The molecule has 0 radical (unpaired) electrons. The number of hydrogen-bond donors (Lipinski definition) is 3. The Labute approximate surface area is 110 Å². The molecular formula is C15H26O3. The molecular weight excluding hydrogens is 228 g/mol. The van der Waals surface area contributed by atoms with E-state index < -0.39 is 11.2 Å². The van der Waals surface area contributed by atoms with E-state index in [-0.39, 0.29) is 18.4 Å². The van der Waals surface area contributed by atoms with E-state index in [1.165, 1.54) is 5.57 Å². The summed E-state index contributed by atoms with van der Waals surface area (Å²) in [7, 11) is 0. The van der Waals surface area contributed by atoms with Crippen LogP contribution in [0.3, 0.4) is 0 Å². The van der Waals surface area contributed by atoms with Crippen molar-refractivity contribution in [3.05, 3.63) is 11.6 Å². The van der Waals surface area contributed by atoms with Crippen molar-refractivity contribution in [2.75, 3.05) is 6.61 Å². The zero-order chi connectivity index (χ0) is 13.6. The summed E-state index contributed by atoms with van der Waals surface area (Å²) in [5.41, 5.74) is -0.479. The van der Waals surface area contributed by atoms with E-state index in [2.05, 4.69) is 19.9 Å². The fraction of sp³-hybridized carbons (Fsp3) is 0.867. The molecule has 3 nitrogen and oxygen atoms in total. The molecule has 1 fully saturated rings. The smallest absolute Gasteiger partial charge is 0.0915 e. The molecule has 0 unspecified atom stereocenters. The minimum atomic E-state index is -1.03. The zero-order valence-corrected chi connectivity index (χ0v) is 11.7. The SMILES string of the molecule is CC(C)C1=C[C@H]2[C@@H](CC[C@@]2(C)O)[C@@](O)(CO)CC1. The highest BCUT2D eigenvalue weighted by atomic mass is 16.3. The molecule has 0 amide bonds. The Hall–Kier alpha value is -0.380. The number of allylic oxidation sites excluding steroid dienone is 1. The normalized spacial score (nSPS) is 44.7. The van der Waals surface area contributed by atoms with E-state index in [1.54, 1.807) is 0 Å². The lowest BCUT2D eigenvalue weighted by atomic mass is 9.77.